The summed E-state index contributed by atoms with van der Waals surface area (Å²) in [5, 5.41) is 3.19. The molecule has 1 aromatic heterocycles. The average Bonchev–Trinajstić information content (AvgIpc) is 3.23. The van der Waals surface area contributed by atoms with Gasteiger partial charge in [0.25, 0.3) is 5.91 Å². The fourth-order valence-corrected chi connectivity index (χ4v) is 5.29. The number of thioether (sulfide) groups is 1. The molecule has 5 nitrogen and oxygen atoms in total. The lowest BCUT2D eigenvalue weighted by atomic mass is 9.98. The van der Waals surface area contributed by atoms with E-state index >= 15 is 0 Å². The van der Waals surface area contributed by atoms with Crippen molar-refractivity contribution in [1.29, 1.82) is 0 Å². The largest absolute Gasteiger partial charge is 0.490 e. The van der Waals surface area contributed by atoms with Gasteiger partial charge in [0.05, 0.1) is 23.9 Å². The van der Waals surface area contributed by atoms with Gasteiger partial charge in [0, 0.05) is 34.7 Å². The number of nitrogens with zero attached hydrogens (tertiary/aromatic N) is 2. The number of hydrogen-bond acceptors (Lipinski definition) is 6. The van der Waals surface area contributed by atoms with E-state index in [1.54, 1.807) is 23.1 Å². The van der Waals surface area contributed by atoms with E-state index in [9.17, 15) is 4.79 Å². The van der Waals surface area contributed by atoms with Crippen molar-refractivity contribution in [1.82, 2.24) is 9.88 Å². The molecule has 0 radical (unpaired) electrons. The van der Waals surface area contributed by atoms with Crippen molar-refractivity contribution >= 4 is 29.0 Å². The number of aromatic nitrogens is 1. The second-order valence-electron chi connectivity index (χ2n) is 7.58. The zero-order valence-corrected chi connectivity index (χ0v) is 20.4. The fraction of sp³-hybridized carbons (Fsp3) is 0.360. The molecule has 0 fully saturated rings. The Morgan fingerprint density at radius 3 is 2.41 bits per heavy atom. The van der Waals surface area contributed by atoms with Crippen LogP contribution in [0, 0.1) is 6.92 Å². The lowest BCUT2D eigenvalue weighted by Gasteiger charge is -2.30. The molecule has 2 aromatic carbocycles. The van der Waals surface area contributed by atoms with Crippen LogP contribution in [-0.2, 0) is 18.7 Å². The maximum absolute atomic E-state index is 13.1. The molecule has 2 heterocycles. The molecular weight excluding hydrogens is 440 g/mol. The predicted octanol–water partition coefficient (Wildman–Crippen LogP) is 5.74. The first-order valence-electron chi connectivity index (χ1n) is 10.9. The number of amides is 1. The average molecular weight is 469 g/mol. The molecule has 3 aromatic rings. The Kier molecular flexibility index (Phi) is 7.37. The first-order chi connectivity index (χ1) is 15.6. The van der Waals surface area contributed by atoms with Crippen LogP contribution in [0.2, 0.25) is 0 Å². The molecule has 4 rings (SSSR count). The van der Waals surface area contributed by atoms with Gasteiger partial charge in [0.15, 0.2) is 11.5 Å². The Morgan fingerprint density at radius 1 is 1.09 bits per heavy atom. The molecule has 0 saturated heterocycles. The minimum atomic E-state index is 0.0640. The molecule has 0 bridgehead atoms. The first-order valence-corrected chi connectivity index (χ1v) is 12.8. The molecule has 7 heteroatoms. The lowest BCUT2D eigenvalue weighted by molar-refractivity contribution is 0.0734. The number of hydrogen-bond donors (Lipinski definition) is 0. The van der Waals surface area contributed by atoms with Gasteiger partial charge < -0.3 is 14.4 Å². The van der Waals surface area contributed by atoms with Crippen LogP contribution in [0.5, 0.6) is 11.5 Å². The highest BCUT2D eigenvalue weighted by atomic mass is 32.2. The van der Waals surface area contributed by atoms with E-state index in [1.807, 2.05) is 56.0 Å². The Morgan fingerprint density at radius 2 is 1.78 bits per heavy atom. The van der Waals surface area contributed by atoms with Gasteiger partial charge in [-0.3, -0.25) is 4.79 Å². The van der Waals surface area contributed by atoms with E-state index in [4.69, 9.17) is 9.47 Å². The number of aryl methyl sites for hydroxylation is 1. The summed E-state index contributed by atoms with van der Waals surface area (Å²) in [7, 11) is 0. The molecule has 1 aliphatic heterocycles. The highest BCUT2D eigenvalue weighted by Gasteiger charge is 2.24. The van der Waals surface area contributed by atoms with Crippen LogP contribution in [0.25, 0.3) is 0 Å². The molecular formula is C25H28N2O3S2. The minimum absolute atomic E-state index is 0.0640. The summed E-state index contributed by atoms with van der Waals surface area (Å²) in [6, 6.07) is 12.0. The maximum Gasteiger partial charge on any atom is 0.254 e. The third kappa shape index (κ3) is 5.27. The van der Waals surface area contributed by atoms with Crippen molar-refractivity contribution in [2.75, 3.05) is 19.8 Å². The van der Waals surface area contributed by atoms with Crippen molar-refractivity contribution in [2.24, 2.45) is 0 Å². The molecule has 0 unspecified atom stereocenters. The monoisotopic (exact) mass is 468 g/mol. The van der Waals surface area contributed by atoms with Gasteiger partial charge in [0.1, 0.15) is 0 Å². The van der Waals surface area contributed by atoms with Crippen LogP contribution in [0.4, 0.5) is 0 Å². The molecule has 0 N–H and O–H groups in total. The van der Waals surface area contributed by atoms with E-state index in [1.165, 1.54) is 5.56 Å². The Labute approximate surface area is 197 Å². The van der Waals surface area contributed by atoms with E-state index in [-0.39, 0.29) is 5.91 Å². The highest BCUT2D eigenvalue weighted by molar-refractivity contribution is 7.98. The van der Waals surface area contributed by atoms with Gasteiger partial charge in [0.2, 0.25) is 0 Å². The molecule has 1 amide bonds. The van der Waals surface area contributed by atoms with Crippen molar-refractivity contribution in [3.05, 3.63) is 69.2 Å². The Balaban J connectivity index is 1.42. The SMILES string of the molecule is CCOc1cc2c(cc1OCC)CN(C(=O)c1ccc(SCc3csc(C)n3)cc1)CC2. The second-order valence-corrected chi connectivity index (χ2v) is 9.69. The standard InChI is InChI=1S/C25H28N2O3S2/c1-4-29-23-12-19-10-11-27(14-20(19)13-24(23)30-5-2)25(28)18-6-8-22(9-7-18)32-16-21-15-31-17(3)26-21/h6-9,12-13,15H,4-5,10-11,14,16H2,1-3H3. The van der Waals surface area contributed by atoms with Gasteiger partial charge in [-0.1, -0.05) is 0 Å². The summed E-state index contributed by atoms with van der Waals surface area (Å²) in [6.45, 7) is 8.42. The third-order valence-electron chi connectivity index (χ3n) is 5.32. The van der Waals surface area contributed by atoms with E-state index < -0.39 is 0 Å². The summed E-state index contributed by atoms with van der Waals surface area (Å²) < 4.78 is 11.5. The molecule has 0 aliphatic carbocycles. The zero-order valence-electron chi connectivity index (χ0n) is 18.7. The predicted molar refractivity (Wildman–Crippen MR) is 130 cm³/mol. The molecule has 32 heavy (non-hydrogen) atoms. The smallest absolute Gasteiger partial charge is 0.254 e. The number of ether oxygens (including phenoxy) is 2. The number of carbonyl (C=O) groups excluding carboxylic acids is 1. The van der Waals surface area contributed by atoms with Crippen LogP contribution in [0.3, 0.4) is 0 Å². The van der Waals surface area contributed by atoms with Crippen molar-refractivity contribution < 1.29 is 14.3 Å². The Hall–Kier alpha value is -2.51. The third-order valence-corrected chi connectivity index (χ3v) is 7.19. The molecule has 0 spiro atoms. The van der Waals surface area contributed by atoms with Gasteiger partial charge in [-0.05, 0) is 74.7 Å². The summed E-state index contributed by atoms with van der Waals surface area (Å²) >= 11 is 3.41. The molecule has 0 saturated carbocycles. The minimum Gasteiger partial charge on any atom is -0.490 e. The Bertz CT molecular complexity index is 1080. The van der Waals surface area contributed by atoms with Crippen LogP contribution < -0.4 is 9.47 Å². The van der Waals surface area contributed by atoms with Gasteiger partial charge in [-0.2, -0.15) is 0 Å². The molecule has 168 valence electrons. The fourth-order valence-electron chi connectivity index (χ4n) is 3.78. The van der Waals surface area contributed by atoms with E-state index in [0.29, 0.717) is 26.3 Å². The summed E-state index contributed by atoms with van der Waals surface area (Å²) in [5.41, 5.74) is 4.18. The summed E-state index contributed by atoms with van der Waals surface area (Å²) in [4.78, 5) is 20.7. The van der Waals surface area contributed by atoms with Gasteiger partial charge in [-0.15, -0.1) is 23.1 Å². The van der Waals surface area contributed by atoms with Crippen molar-refractivity contribution in [3.63, 3.8) is 0 Å². The molecule has 0 atom stereocenters. The van der Waals surface area contributed by atoms with Crippen LogP contribution >= 0.6 is 23.1 Å². The van der Waals surface area contributed by atoms with E-state index in [2.05, 4.69) is 16.4 Å². The quantitative estimate of drug-likeness (QED) is 0.395. The second kappa shape index (κ2) is 10.4. The van der Waals surface area contributed by atoms with Gasteiger partial charge >= 0.3 is 0 Å². The van der Waals surface area contributed by atoms with Crippen molar-refractivity contribution in [2.45, 2.75) is 44.4 Å². The topological polar surface area (TPSA) is 51.7 Å². The number of thiazole rings is 1. The maximum atomic E-state index is 13.1. The summed E-state index contributed by atoms with van der Waals surface area (Å²) in [6.07, 6.45) is 0.814. The number of carbonyl (C=O) groups is 1. The van der Waals surface area contributed by atoms with Gasteiger partial charge in [-0.25, -0.2) is 4.98 Å². The number of benzene rings is 2. The molecule has 1 aliphatic rings. The van der Waals surface area contributed by atoms with E-state index in [0.717, 1.165) is 50.4 Å². The number of rotatable bonds is 8. The van der Waals surface area contributed by atoms with Crippen LogP contribution in [-0.4, -0.2) is 35.5 Å². The summed E-state index contributed by atoms with van der Waals surface area (Å²) in [5.74, 6) is 2.44. The number of fused-ring (bicyclic) bond motifs is 1. The normalized spacial score (nSPS) is 13.0. The lowest BCUT2D eigenvalue weighted by Crippen LogP contribution is -2.36. The first kappa shape index (κ1) is 22.7. The van der Waals surface area contributed by atoms with Crippen LogP contribution in [0.1, 0.15) is 46.0 Å². The van der Waals surface area contributed by atoms with Crippen LogP contribution in [0.15, 0.2) is 46.7 Å². The zero-order chi connectivity index (χ0) is 22.5. The highest BCUT2D eigenvalue weighted by Crippen LogP contribution is 2.34. The van der Waals surface area contributed by atoms with Crippen molar-refractivity contribution in [3.8, 4) is 11.5 Å².